The van der Waals surface area contributed by atoms with Crippen molar-refractivity contribution in [1.29, 1.82) is 0 Å². The van der Waals surface area contributed by atoms with Gasteiger partial charge in [-0.1, -0.05) is 140 Å². The summed E-state index contributed by atoms with van der Waals surface area (Å²) >= 11 is 0. The Morgan fingerprint density at radius 2 is 1.08 bits per heavy atom. The normalized spacial score (nSPS) is 12.2. The Bertz CT molecular complexity index is 3290. The molecular formula is C48H28N4. The van der Waals surface area contributed by atoms with E-state index in [0.29, 0.717) is 0 Å². The molecule has 11 aromatic rings. The highest BCUT2D eigenvalue weighted by Gasteiger charge is 2.29. The smallest absolute Gasteiger partial charge is 0.165 e. The molecule has 4 nitrogen and oxygen atoms in total. The minimum absolute atomic E-state index is 0.820. The zero-order chi connectivity index (χ0) is 33.9. The van der Waals surface area contributed by atoms with Crippen molar-refractivity contribution < 1.29 is 0 Å². The molecule has 52 heavy (non-hydrogen) atoms. The van der Waals surface area contributed by atoms with Gasteiger partial charge in [-0.3, -0.25) is 4.57 Å². The standard InChI is InChI=1S/C48H28N4/c1-2-15-30(16-3-1)45-48(49-38-27-26-29-14-4-5-17-31(29)46(38)50-45)52-41-25-13-10-22-36(41)43-42(52)28-37-34-20-9-12-24-40(34)51-39-23-11-8-19-33(39)32-18-6-7-21-35(32)44(43)47(37)51/h1-28H. The molecule has 0 fully saturated rings. The van der Waals surface area contributed by atoms with Crippen LogP contribution in [-0.2, 0) is 0 Å². The third kappa shape index (κ3) is 3.60. The first kappa shape index (κ1) is 27.7. The summed E-state index contributed by atoms with van der Waals surface area (Å²) in [7, 11) is 0. The monoisotopic (exact) mass is 660 g/mol. The van der Waals surface area contributed by atoms with Crippen LogP contribution >= 0.6 is 0 Å². The maximum absolute atomic E-state index is 5.55. The van der Waals surface area contributed by atoms with Crippen LogP contribution in [0, 0.1) is 0 Å². The van der Waals surface area contributed by atoms with Crippen LogP contribution in [0.3, 0.4) is 0 Å². The summed E-state index contributed by atoms with van der Waals surface area (Å²) in [5, 5.41) is 7.10. The number of fused-ring (bicyclic) bond motifs is 15. The van der Waals surface area contributed by atoms with E-state index >= 15 is 0 Å². The number of nitrogens with zero attached hydrogens (tertiary/aromatic N) is 4. The molecule has 1 aliphatic rings. The van der Waals surface area contributed by atoms with E-state index in [2.05, 4.69) is 179 Å². The molecule has 0 bridgehead atoms. The van der Waals surface area contributed by atoms with Crippen molar-refractivity contribution in [2.24, 2.45) is 0 Å². The van der Waals surface area contributed by atoms with Crippen molar-refractivity contribution in [2.45, 2.75) is 0 Å². The lowest BCUT2D eigenvalue weighted by atomic mass is 9.91. The first-order valence-corrected chi connectivity index (χ1v) is 17.8. The predicted molar refractivity (Wildman–Crippen MR) is 216 cm³/mol. The van der Waals surface area contributed by atoms with Gasteiger partial charge in [-0.15, -0.1) is 0 Å². The predicted octanol–water partition coefficient (Wildman–Crippen LogP) is 12.3. The number of hydrogen-bond donors (Lipinski definition) is 0. The highest BCUT2D eigenvalue weighted by atomic mass is 15.1. The fraction of sp³-hybridized carbons (Fsp3) is 0. The van der Waals surface area contributed by atoms with E-state index in [1.165, 1.54) is 60.5 Å². The van der Waals surface area contributed by atoms with Crippen molar-refractivity contribution in [2.75, 3.05) is 0 Å². The SMILES string of the molecule is c1ccc(-c2nc3c(ccc4ccccc43)nc2-n2c3ccccc3c3c4c5c(cc32)c2ccccc2n5-c2ccccc2-c2ccccc2-4)cc1. The lowest BCUT2D eigenvalue weighted by Gasteiger charge is -2.15. The summed E-state index contributed by atoms with van der Waals surface area (Å²) < 4.78 is 4.87. The van der Waals surface area contributed by atoms with E-state index < -0.39 is 0 Å². The molecule has 12 rings (SSSR count). The average Bonchev–Trinajstić information content (AvgIpc) is 3.68. The second-order valence-corrected chi connectivity index (χ2v) is 13.7. The second kappa shape index (κ2) is 10.3. The molecule has 0 N–H and O–H groups in total. The third-order valence-corrected chi connectivity index (χ3v) is 11.0. The molecule has 0 saturated heterocycles. The Kier molecular flexibility index (Phi) is 5.47. The Labute approximate surface area is 298 Å². The van der Waals surface area contributed by atoms with Crippen molar-refractivity contribution in [3.63, 3.8) is 0 Å². The summed E-state index contributed by atoms with van der Waals surface area (Å²) in [6.07, 6.45) is 0. The molecule has 240 valence electrons. The summed E-state index contributed by atoms with van der Waals surface area (Å²) in [5.74, 6) is 0.820. The molecule has 3 aromatic heterocycles. The number of benzene rings is 8. The molecule has 1 aliphatic heterocycles. The molecule has 4 heteroatoms. The number of rotatable bonds is 2. The molecule has 0 spiro atoms. The fourth-order valence-electron chi connectivity index (χ4n) is 8.87. The van der Waals surface area contributed by atoms with Gasteiger partial charge in [0, 0.05) is 43.6 Å². The van der Waals surface area contributed by atoms with Gasteiger partial charge in [0.25, 0.3) is 0 Å². The lowest BCUT2D eigenvalue weighted by molar-refractivity contribution is 1.08. The quantitative estimate of drug-likeness (QED) is 0.173. The van der Waals surface area contributed by atoms with Gasteiger partial charge in [0.2, 0.25) is 0 Å². The highest BCUT2D eigenvalue weighted by Crippen LogP contribution is 2.52. The van der Waals surface area contributed by atoms with Crippen LogP contribution in [0.2, 0.25) is 0 Å². The van der Waals surface area contributed by atoms with Crippen LogP contribution in [0.15, 0.2) is 170 Å². The van der Waals surface area contributed by atoms with Crippen molar-refractivity contribution in [3.05, 3.63) is 170 Å². The fourth-order valence-corrected chi connectivity index (χ4v) is 8.87. The van der Waals surface area contributed by atoms with Crippen molar-refractivity contribution in [3.8, 4) is 45.0 Å². The molecule has 0 unspecified atom stereocenters. The van der Waals surface area contributed by atoms with Crippen LogP contribution in [0.1, 0.15) is 0 Å². The Morgan fingerprint density at radius 3 is 1.92 bits per heavy atom. The third-order valence-electron chi connectivity index (χ3n) is 11.0. The van der Waals surface area contributed by atoms with Gasteiger partial charge in [-0.25, -0.2) is 9.97 Å². The van der Waals surface area contributed by atoms with Crippen molar-refractivity contribution >= 4 is 65.4 Å². The van der Waals surface area contributed by atoms with Crippen LogP contribution in [0.4, 0.5) is 0 Å². The van der Waals surface area contributed by atoms with Crippen LogP contribution < -0.4 is 0 Å². The minimum atomic E-state index is 0.820. The van der Waals surface area contributed by atoms with Crippen LogP contribution in [0.5, 0.6) is 0 Å². The molecule has 0 atom stereocenters. The van der Waals surface area contributed by atoms with Crippen molar-refractivity contribution in [1.82, 2.24) is 19.1 Å². The maximum Gasteiger partial charge on any atom is 0.165 e. The Balaban J connectivity index is 1.32. The van der Waals surface area contributed by atoms with E-state index in [4.69, 9.17) is 9.97 Å². The molecule has 0 saturated carbocycles. The van der Waals surface area contributed by atoms with E-state index in [0.717, 1.165) is 49.9 Å². The Morgan fingerprint density at radius 1 is 0.423 bits per heavy atom. The molecule has 8 aromatic carbocycles. The first-order chi connectivity index (χ1) is 25.8. The highest BCUT2D eigenvalue weighted by molar-refractivity contribution is 6.28. The van der Waals surface area contributed by atoms with E-state index in [9.17, 15) is 0 Å². The number of para-hydroxylation sites is 3. The van der Waals surface area contributed by atoms with E-state index in [1.807, 2.05) is 0 Å². The van der Waals surface area contributed by atoms with E-state index in [1.54, 1.807) is 0 Å². The van der Waals surface area contributed by atoms with Gasteiger partial charge in [0.1, 0.15) is 5.69 Å². The minimum Gasteiger partial charge on any atom is -0.308 e. The summed E-state index contributed by atoms with van der Waals surface area (Å²) in [6, 6.07) is 61.0. The van der Waals surface area contributed by atoms with Crippen LogP contribution in [0.25, 0.3) is 110 Å². The number of hydrogen-bond acceptors (Lipinski definition) is 2. The molecule has 4 heterocycles. The van der Waals surface area contributed by atoms with Gasteiger partial charge >= 0.3 is 0 Å². The molecular weight excluding hydrogens is 633 g/mol. The topological polar surface area (TPSA) is 35.6 Å². The van der Waals surface area contributed by atoms with Gasteiger partial charge in [0.15, 0.2) is 5.82 Å². The maximum atomic E-state index is 5.55. The van der Waals surface area contributed by atoms with E-state index in [-0.39, 0.29) is 0 Å². The first-order valence-electron chi connectivity index (χ1n) is 17.8. The molecule has 0 aliphatic carbocycles. The van der Waals surface area contributed by atoms with Gasteiger partial charge in [-0.05, 0) is 46.8 Å². The number of aromatic nitrogens is 4. The largest absolute Gasteiger partial charge is 0.308 e. The molecule has 0 amide bonds. The van der Waals surface area contributed by atoms with Gasteiger partial charge < -0.3 is 4.57 Å². The van der Waals surface area contributed by atoms with Gasteiger partial charge in [-0.2, -0.15) is 0 Å². The van der Waals surface area contributed by atoms with Crippen LogP contribution in [-0.4, -0.2) is 19.1 Å². The second-order valence-electron chi connectivity index (χ2n) is 13.7. The zero-order valence-electron chi connectivity index (χ0n) is 28.0. The average molecular weight is 661 g/mol. The zero-order valence-corrected chi connectivity index (χ0v) is 28.0. The Hall–Kier alpha value is -7.04. The van der Waals surface area contributed by atoms with Gasteiger partial charge in [0.05, 0.1) is 38.8 Å². The summed E-state index contributed by atoms with van der Waals surface area (Å²) in [6.45, 7) is 0. The lowest BCUT2D eigenvalue weighted by Crippen LogP contribution is -2.04. The summed E-state index contributed by atoms with van der Waals surface area (Å²) in [4.78, 5) is 11.1. The summed E-state index contributed by atoms with van der Waals surface area (Å²) in [5.41, 5.74) is 14.4. The molecule has 0 radical (unpaired) electrons.